The number of nitrogens with zero attached hydrogens (tertiary/aromatic N) is 3. The summed E-state index contributed by atoms with van der Waals surface area (Å²) in [6.45, 7) is 0. The maximum absolute atomic E-state index is 13.0. The summed E-state index contributed by atoms with van der Waals surface area (Å²) in [4.78, 5) is 29.6. The normalized spacial score (nSPS) is 24.0. The maximum atomic E-state index is 13.0. The smallest absolute Gasteiger partial charge is 0.176 e. The van der Waals surface area contributed by atoms with Gasteiger partial charge in [0.2, 0.25) is 0 Å². The van der Waals surface area contributed by atoms with Crippen LogP contribution in [0.5, 0.6) is 0 Å². The van der Waals surface area contributed by atoms with Crippen molar-refractivity contribution < 1.29 is 14.0 Å². The Labute approximate surface area is 154 Å². The number of rotatable bonds is 3. The molecule has 0 aromatic heterocycles. The van der Waals surface area contributed by atoms with Gasteiger partial charge in [-0.15, -0.1) is 11.8 Å². The molecule has 0 amide bonds. The molecule has 5 nitrogen and oxygen atoms in total. The summed E-state index contributed by atoms with van der Waals surface area (Å²) in [5, 5.41) is 19.1. The van der Waals surface area contributed by atoms with Gasteiger partial charge in [-0.2, -0.15) is 10.5 Å². The first-order valence-corrected chi connectivity index (χ1v) is 9.33. The summed E-state index contributed by atoms with van der Waals surface area (Å²) >= 11 is 1.07. The Morgan fingerprint density at radius 3 is 2.46 bits per heavy atom. The lowest BCUT2D eigenvalue weighted by Gasteiger charge is -2.35. The number of thioether (sulfide) groups is 1. The molecule has 0 saturated heterocycles. The average Bonchev–Trinajstić information content (AvgIpc) is 3.09. The van der Waals surface area contributed by atoms with Gasteiger partial charge in [0.25, 0.3) is 0 Å². The highest BCUT2D eigenvalue weighted by Crippen LogP contribution is 2.45. The van der Waals surface area contributed by atoms with Gasteiger partial charge in [0.05, 0.1) is 28.5 Å². The number of hydrogen-bond acceptors (Lipinski definition) is 6. The molecule has 1 aliphatic carbocycles. The predicted octanol–water partition coefficient (Wildman–Crippen LogP) is 3.32. The quantitative estimate of drug-likeness (QED) is 0.762. The molecule has 0 bridgehead atoms. The Hall–Kier alpha value is -2.51. The Morgan fingerprint density at radius 2 is 1.88 bits per heavy atom. The standard InChI is InChI=1S/C19H16FN3O2S/c20-13-5-3-12(4-6-13)16(24)11-26-18-14(9-21)17(25)15(10-22)19(23-18)7-1-2-8-19/h3-6,14-15H,1-2,7-8,11H2/t14?,15-/m0/s1. The van der Waals surface area contributed by atoms with Crippen molar-refractivity contribution in [3.63, 3.8) is 0 Å². The fraction of sp³-hybridized carbons (Fsp3) is 0.421. The Morgan fingerprint density at radius 1 is 1.23 bits per heavy atom. The van der Waals surface area contributed by atoms with Gasteiger partial charge < -0.3 is 0 Å². The zero-order valence-electron chi connectivity index (χ0n) is 13.9. The molecule has 1 aromatic carbocycles. The highest BCUT2D eigenvalue weighted by molar-refractivity contribution is 8.14. The molecule has 2 atom stereocenters. The molecule has 132 valence electrons. The third-order valence-electron chi connectivity index (χ3n) is 4.93. The van der Waals surface area contributed by atoms with E-state index in [4.69, 9.17) is 0 Å². The number of aliphatic imine (C=N–C) groups is 1. The van der Waals surface area contributed by atoms with Crippen LogP contribution in [0.25, 0.3) is 0 Å². The van der Waals surface area contributed by atoms with Crippen LogP contribution < -0.4 is 0 Å². The lowest BCUT2D eigenvalue weighted by molar-refractivity contribution is -0.124. The van der Waals surface area contributed by atoms with Crippen LogP contribution in [0.1, 0.15) is 36.0 Å². The molecular weight excluding hydrogens is 353 g/mol. The van der Waals surface area contributed by atoms with E-state index >= 15 is 0 Å². The van der Waals surface area contributed by atoms with E-state index in [0.29, 0.717) is 23.4 Å². The van der Waals surface area contributed by atoms with E-state index in [9.17, 15) is 24.5 Å². The molecule has 1 unspecified atom stereocenters. The van der Waals surface area contributed by atoms with Gasteiger partial charge in [-0.3, -0.25) is 14.6 Å². The van der Waals surface area contributed by atoms with Gasteiger partial charge in [0, 0.05) is 5.56 Å². The van der Waals surface area contributed by atoms with E-state index in [-0.39, 0.29) is 11.5 Å². The number of ketones is 2. The monoisotopic (exact) mass is 369 g/mol. The third-order valence-corrected chi connectivity index (χ3v) is 5.96. The minimum Gasteiger partial charge on any atom is -0.296 e. The summed E-state index contributed by atoms with van der Waals surface area (Å²) < 4.78 is 13.0. The lowest BCUT2D eigenvalue weighted by atomic mass is 9.75. The second-order valence-corrected chi connectivity index (χ2v) is 7.50. The van der Waals surface area contributed by atoms with Gasteiger partial charge in [-0.1, -0.05) is 12.8 Å². The van der Waals surface area contributed by atoms with Crippen molar-refractivity contribution >= 4 is 28.4 Å². The van der Waals surface area contributed by atoms with Crippen molar-refractivity contribution in [2.75, 3.05) is 5.75 Å². The second kappa shape index (κ2) is 7.39. The summed E-state index contributed by atoms with van der Waals surface area (Å²) in [6.07, 6.45) is 3.06. The number of halogens is 1. The van der Waals surface area contributed by atoms with E-state index in [1.54, 1.807) is 0 Å². The van der Waals surface area contributed by atoms with Gasteiger partial charge >= 0.3 is 0 Å². The number of carbonyl (C=O) groups is 2. The molecule has 7 heteroatoms. The zero-order valence-corrected chi connectivity index (χ0v) is 14.8. The van der Waals surface area contributed by atoms with Crippen LogP contribution in [-0.2, 0) is 4.79 Å². The number of nitriles is 2. The Kier molecular flexibility index (Phi) is 5.20. The van der Waals surface area contributed by atoms with Crippen LogP contribution in [0, 0.1) is 40.3 Å². The van der Waals surface area contributed by atoms with Crippen molar-refractivity contribution in [1.29, 1.82) is 10.5 Å². The lowest BCUT2D eigenvalue weighted by Crippen LogP contribution is -2.47. The van der Waals surface area contributed by atoms with E-state index < -0.39 is 29.0 Å². The van der Waals surface area contributed by atoms with Crippen LogP contribution in [0.4, 0.5) is 4.39 Å². The maximum Gasteiger partial charge on any atom is 0.176 e. The van der Waals surface area contributed by atoms with Crippen LogP contribution in [0.2, 0.25) is 0 Å². The fourth-order valence-electron chi connectivity index (χ4n) is 3.57. The molecule has 3 rings (SSSR count). The number of Topliss-reactive ketones (excluding diaryl/α,β-unsaturated/α-hetero) is 2. The summed E-state index contributed by atoms with van der Waals surface area (Å²) in [6, 6.07) is 9.20. The molecule has 1 saturated carbocycles. The topological polar surface area (TPSA) is 94.1 Å². The first-order chi connectivity index (χ1) is 12.5. The second-order valence-electron chi connectivity index (χ2n) is 6.51. The van der Waals surface area contributed by atoms with E-state index in [1.165, 1.54) is 24.3 Å². The molecule has 1 spiro atoms. The fourth-order valence-corrected chi connectivity index (χ4v) is 4.59. The predicted molar refractivity (Wildman–Crippen MR) is 95.0 cm³/mol. The Balaban J connectivity index is 1.83. The highest BCUT2D eigenvalue weighted by atomic mass is 32.2. The minimum absolute atomic E-state index is 0.00320. The van der Waals surface area contributed by atoms with Crippen LogP contribution in [0.3, 0.4) is 0 Å². The molecule has 1 aliphatic heterocycles. The molecule has 1 fully saturated rings. The highest BCUT2D eigenvalue weighted by Gasteiger charge is 2.52. The SMILES string of the molecule is N#CC1C(=O)[C@H](C#N)C2(CCCC2)N=C1SCC(=O)c1ccc(F)cc1. The first-order valence-electron chi connectivity index (χ1n) is 8.35. The molecule has 2 aliphatic rings. The van der Waals surface area contributed by atoms with E-state index in [1.807, 2.05) is 12.1 Å². The zero-order chi connectivity index (χ0) is 18.7. The summed E-state index contributed by atoms with van der Waals surface area (Å²) in [5.41, 5.74) is -0.388. The number of hydrogen-bond donors (Lipinski definition) is 0. The van der Waals surface area contributed by atoms with Crippen molar-refractivity contribution in [1.82, 2.24) is 0 Å². The molecule has 0 N–H and O–H groups in total. The summed E-state index contributed by atoms with van der Waals surface area (Å²) in [7, 11) is 0. The molecule has 1 aromatic rings. The van der Waals surface area contributed by atoms with Gasteiger partial charge in [-0.05, 0) is 37.1 Å². The molecule has 26 heavy (non-hydrogen) atoms. The minimum atomic E-state index is -1.10. The molecular formula is C19H16FN3O2S. The van der Waals surface area contributed by atoms with Gasteiger partial charge in [-0.25, -0.2) is 4.39 Å². The third kappa shape index (κ3) is 3.27. The van der Waals surface area contributed by atoms with E-state index in [2.05, 4.69) is 4.99 Å². The van der Waals surface area contributed by atoms with Crippen LogP contribution in [0.15, 0.2) is 29.3 Å². The van der Waals surface area contributed by atoms with Gasteiger partial charge in [0.15, 0.2) is 17.5 Å². The van der Waals surface area contributed by atoms with Crippen LogP contribution >= 0.6 is 11.8 Å². The van der Waals surface area contributed by atoms with Gasteiger partial charge in [0.1, 0.15) is 11.7 Å². The van der Waals surface area contributed by atoms with Crippen molar-refractivity contribution in [3.05, 3.63) is 35.6 Å². The summed E-state index contributed by atoms with van der Waals surface area (Å²) in [5.74, 6) is -3.06. The number of carbonyl (C=O) groups excluding carboxylic acids is 2. The number of benzene rings is 1. The largest absolute Gasteiger partial charge is 0.296 e. The van der Waals surface area contributed by atoms with Crippen molar-refractivity contribution in [2.24, 2.45) is 16.8 Å². The molecule has 1 heterocycles. The van der Waals surface area contributed by atoms with Crippen molar-refractivity contribution in [2.45, 2.75) is 31.2 Å². The average molecular weight is 369 g/mol. The van der Waals surface area contributed by atoms with Crippen molar-refractivity contribution in [3.8, 4) is 12.1 Å². The first kappa shape index (κ1) is 18.3. The Bertz CT molecular complexity index is 845. The molecule has 0 radical (unpaired) electrons. The van der Waals surface area contributed by atoms with E-state index in [0.717, 1.165) is 24.6 Å². The van der Waals surface area contributed by atoms with Crippen LogP contribution in [-0.4, -0.2) is 27.9 Å².